The molecule has 6 nitrogen and oxygen atoms in total. The van der Waals surface area contributed by atoms with E-state index >= 15 is 0 Å². The van der Waals surface area contributed by atoms with Gasteiger partial charge in [0, 0.05) is 24.6 Å². The molecule has 112 valence electrons. The molecule has 0 aliphatic carbocycles. The van der Waals surface area contributed by atoms with Gasteiger partial charge in [-0.25, -0.2) is 0 Å². The second-order valence-corrected chi connectivity index (χ2v) is 4.90. The smallest absolute Gasteiger partial charge is 0.305 e. The number of nitrogens with zero attached hydrogens (tertiary/aromatic N) is 1. The van der Waals surface area contributed by atoms with E-state index in [-0.39, 0.29) is 30.4 Å². The predicted octanol–water partition coefficient (Wildman–Crippen LogP) is 1.69. The number of amides is 1. The van der Waals surface area contributed by atoms with Crippen LogP contribution < -0.4 is 4.84 Å². The first-order valence-electron chi connectivity index (χ1n) is 6.63. The third-order valence-electron chi connectivity index (χ3n) is 3.50. The van der Waals surface area contributed by atoms with E-state index in [1.807, 2.05) is 0 Å². The first-order valence-corrected chi connectivity index (χ1v) is 6.63. The summed E-state index contributed by atoms with van der Waals surface area (Å²) in [5.41, 5.74) is 1.15. The molecule has 0 spiro atoms. The van der Waals surface area contributed by atoms with Crippen molar-refractivity contribution in [2.75, 3.05) is 14.2 Å². The molecule has 1 aliphatic rings. The minimum atomic E-state index is -0.421. The molecule has 1 heterocycles. The van der Waals surface area contributed by atoms with Crippen molar-refractivity contribution in [1.29, 1.82) is 0 Å². The molecule has 1 aliphatic heterocycles. The van der Waals surface area contributed by atoms with Gasteiger partial charge >= 0.3 is 5.97 Å². The monoisotopic (exact) mass is 291 g/mol. The summed E-state index contributed by atoms with van der Waals surface area (Å²) >= 11 is 0. The van der Waals surface area contributed by atoms with Crippen molar-refractivity contribution >= 4 is 17.7 Å². The van der Waals surface area contributed by atoms with Crippen molar-refractivity contribution in [1.82, 2.24) is 5.06 Å². The molecule has 0 bridgehead atoms. The summed E-state index contributed by atoms with van der Waals surface area (Å²) in [5.74, 6) is -0.556. The van der Waals surface area contributed by atoms with Gasteiger partial charge in [-0.15, -0.1) is 0 Å². The lowest BCUT2D eigenvalue weighted by Crippen LogP contribution is -2.37. The topological polar surface area (TPSA) is 72.9 Å². The lowest BCUT2D eigenvalue weighted by atomic mass is 9.94. The third-order valence-corrected chi connectivity index (χ3v) is 3.50. The molecule has 0 N–H and O–H groups in total. The third kappa shape index (κ3) is 3.04. The van der Waals surface area contributed by atoms with Crippen LogP contribution in [0.5, 0.6) is 5.75 Å². The van der Waals surface area contributed by atoms with Crippen LogP contribution in [0.15, 0.2) is 18.2 Å². The summed E-state index contributed by atoms with van der Waals surface area (Å²) in [7, 11) is 2.84. The maximum atomic E-state index is 12.1. The Kier molecular flexibility index (Phi) is 4.26. The Morgan fingerprint density at radius 3 is 2.71 bits per heavy atom. The predicted molar refractivity (Wildman–Crippen MR) is 73.8 cm³/mol. The van der Waals surface area contributed by atoms with E-state index < -0.39 is 5.97 Å². The van der Waals surface area contributed by atoms with Gasteiger partial charge in [0.1, 0.15) is 0 Å². The van der Waals surface area contributed by atoms with E-state index in [0.29, 0.717) is 16.9 Å². The number of carbonyl (C=O) groups excluding carboxylic acids is 3. The van der Waals surface area contributed by atoms with Crippen molar-refractivity contribution in [2.24, 2.45) is 0 Å². The van der Waals surface area contributed by atoms with Crippen molar-refractivity contribution in [3.05, 3.63) is 29.3 Å². The van der Waals surface area contributed by atoms with Gasteiger partial charge in [-0.2, -0.15) is 5.06 Å². The summed E-state index contributed by atoms with van der Waals surface area (Å²) in [6.07, 6.45) is 0.120. The second kappa shape index (κ2) is 5.95. The number of ketones is 1. The Morgan fingerprint density at radius 2 is 2.05 bits per heavy atom. The summed E-state index contributed by atoms with van der Waals surface area (Å²) in [5, 5.41) is 1.19. The zero-order valence-electron chi connectivity index (χ0n) is 12.2. The average Bonchev–Trinajstić information content (AvgIpc) is 2.49. The number of hydrogen-bond donors (Lipinski definition) is 0. The molecule has 6 heteroatoms. The van der Waals surface area contributed by atoms with E-state index in [0.717, 1.165) is 0 Å². The van der Waals surface area contributed by atoms with Crippen LogP contribution in [0.2, 0.25) is 0 Å². The Morgan fingerprint density at radius 1 is 1.33 bits per heavy atom. The summed E-state index contributed by atoms with van der Waals surface area (Å²) < 4.78 is 4.51. The highest BCUT2D eigenvalue weighted by Crippen LogP contribution is 2.33. The molecular formula is C15H17NO5. The summed E-state index contributed by atoms with van der Waals surface area (Å²) in [6, 6.07) is 4.96. The number of Topliss-reactive ketones (excluding diaryl/α,β-unsaturated/α-hetero) is 1. The van der Waals surface area contributed by atoms with E-state index in [1.54, 1.807) is 32.2 Å². The fourth-order valence-electron chi connectivity index (χ4n) is 2.20. The number of methoxy groups -OCH3 is 1. The second-order valence-electron chi connectivity index (χ2n) is 4.90. The van der Waals surface area contributed by atoms with Gasteiger partial charge in [0.2, 0.25) is 0 Å². The zero-order valence-corrected chi connectivity index (χ0v) is 12.2. The fourth-order valence-corrected chi connectivity index (χ4v) is 2.20. The van der Waals surface area contributed by atoms with Crippen molar-refractivity contribution in [2.45, 2.75) is 25.7 Å². The van der Waals surface area contributed by atoms with Gasteiger partial charge in [0.15, 0.2) is 11.5 Å². The number of esters is 1. The number of hydroxylamine groups is 2. The summed E-state index contributed by atoms with van der Waals surface area (Å²) in [4.78, 5) is 40.4. The Labute approximate surface area is 122 Å². The van der Waals surface area contributed by atoms with Gasteiger partial charge in [0.05, 0.1) is 19.4 Å². The van der Waals surface area contributed by atoms with Crippen molar-refractivity contribution in [3.63, 3.8) is 0 Å². The Bertz CT molecular complexity index is 596. The molecule has 0 fully saturated rings. The van der Waals surface area contributed by atoms with E-state index in [1.165, 1.54) is 12.2 Å². The molecule has 0 aromatic heterocycles. The quantitative estimate of drug-likeness (QED) is 0.623. The summed E-state index contributed by atoms with van der Waals surface area (Å²) in [6.45, 7) is 1.77. The minimum absolute atomic E-state index is 0.0418. The van der Waals surface area contributed by atoms with Gasteiger partial charge in [-0.3, -0.25) is 14.4 Å². The molecule has 1 aromatic carbocycles. The van der Waals surface area contributed by atoms with Crippen LogP contribution >= 0.6 is 0 Å². The number of benzene rings is 1. The van der Waals surface area contributed by atoms with E-state index in [9.17, 15) is 14.4 Å². The van der Waals surface area contributed by atoms with Crippen molar-refractivity contribution in [3.8, 4) is 5.75 Å². The van der Waals surface area contributed by atoms with Gasteiger partial charge in [-0.1, -0.05) is 0 Å². The molecule has 1 unspecified atom stereocenters. The maximum absolute atomic E-state index is 12.1. The Hall–Kier alpha value is -2.37. The number of ether oxygens (including phenoxy) is 1. The van der Waals surface area contributed by atoms with Crippen LogP contribution in [-0.2, 0) is 14.3 Å². The normalized spacial score (nSPS) is 17.0. The molecule has 1 atom stereocenters. The molecule has 21 heavy (non-hydrogen) atoms. The maximum Gasteiger partial charge on any atom is 0.305 e. The van der Waals surface area contributed by atoms with Crippen LogP contribution in [0, 0.1) is 0 Å². The molecule has 2 rings (SSSR count). The standard InChI is InChI=1S/C15H17NO5/c1-9-11-8-10(12(17)5-7-14(18)20-3)4-6-13(11)21-16(2)15(9)19/h4,6,8-9H,5,7H2,1-3H3. The zero-order chi connectivity index (χ0) is 15.6. The number of carbonyl (C=O) groups is 3. The number of fused-ring (bicyclic) bond motifs is 1. The number of likely N-dealkylation sites (N-methyl/N-ethyl adjacent to an activating group) is 1. The molecule has 0 saturated heterocycles. The SMILES string of the molecule is COC(=O)CCC(=O)c1ccc2c(c1)C(C)C(=O)N(C)O2. The highest BCUT2D eigenvalue weighted by Gasteiger charge is 2.30. The minimum Gasteiger partial charge on any atom is -0.469 e. The average molecular weight is 291 g/mol. The van der Waals surface area contributed by atoms with Crippen LogP contribution in [-0.4, -0.2) is 36.9 Å². The lowest BCUT2D eigenvalue weighted by molar-refractivity contribution is -0.157. The molecule has 0 saturated carbocycles. The number of hydrogen-bond acceptors (Lipinski definition) is 5. The highest BCUT2D eigenvalue weighted by atomic mass is 16.7. The largest absolute Gasteiger partial charge is 0.469 e. The first kappa shape index (κ1) is 15.0. The Balaban J connectivity index is 2.19. The molecular weight excluding hydrogens is 274 g/mol. The van der Waals surface area contributed by atoms with E-state index in [4.69, 9.17) is 4.84 Å². The fraction of sp³-hybridized carbons (Fsp3) is 0.400. The van der Waals surface area contributed by atoms with Crippen molar-refractivity contribution < 1.29 is 24.0 Å². The first-order chi connectivity index (χ1) is 9.93. The van der Waals surface area contributed by atoms with Crippen LogP contribution in [0.3, 0.4) is 0 Å². The van der Waals surface area contributed by atoms with E-state index in [2.05, 4.69) is 4.74 Å². The van der Waals surface area contributed by atoms with Crippen LogP contribution in [0.1, 0.15) is 41.6 Å². The van der Waals surface area contributed by atoms with Gasteiger partial charge in [0.25, 0.3) is 5.91 Å². The van der Waals surface area contributed by atoms with Gasteiger partial charge in [-0.05, 0) is 25.1 Å². The highest BCUT2D eigenvalue weighted by molar-refractivity contribution is 5.98. The molecule has 1 aromatic rings. The molecule has 1 amide bonds. The number of rotatable bonds is 4. The molecule has 0 radical (unpaired) electrons. The van der Waals surface area contributed by atoms with Crippen LogP contribution in [0.25, 0.3) is 0 Å². The van der Waals surface area contributed by atoms with Crippen LogP contribution in [0.4, 0.5) is 0 Å². The van der Waals surface area contributed by atoms with Gasteiger partial charge < -0.3 is 9.57 Å². The lowest BCUT2D eigenvalue weighted by Gasteiger charge is -2.29.